The summed E-state index contributed by atoms with van der Waals surface area (Å²) in [6, 6.07) is 1.83. The zero-order valence-corrected chi connectivity index (χ0v) is 10.3. The van der Waals surface area contributed by atoms with Crippen LogP contribution in [0.5, 0.6) is 0 Å². The molecule has 2 unspecified atom stereocenters. The number of nitrogens with two attached hydrogens (primary N) is 1. The van der Waals surface area contributed by atoms with Crippen molar-refractivity contribution in [1.29, 1.82) is 0 Å². The number of pyridine rings is 1. The summed E-state index contributed by atoms with van der Waals surface area (Å²) in [5, 5.41) is 19.1. The Bertz CT molecular complexity index is 442. The van der Waals surface area contributed by atoms with Crippen LogP contribution in [0.1, 0.15) is 11.1 Å². The molecule has 2 rings (SSSR count). The zero-order chi connectivity index (χ0) is 12.6. The summed E-state index contributed by atoms with van der Waals surface area (Å²) >= 11 is 5.02. The number of hydrogen-bond donors (Lipinski definition) is 3. The molecule has 1 aliphatic rings. The van der Waals surface area contributed by atoms with Crippen LogP contribution in [0.25, 0.3) is 0 Å². The largest absolute Gasteiger partial charge is 0.389 e. The van der Waals surface area contributed by atoms with Crippen LogP contribution in [0.2, 0.25) is 0 Å². The molecule has 0 radical (unpaired) electrons. The number of β-amino-alcohol motifs (C(OH)–C–C–N with tert-alkyl or cyclic N) is 2. The maximum Gasteiger partial charge on any atom is 0.139 e. The van der Waals surface area contributed by atoms with Gasteiger partial charge < -0.3 is 20.8 Å². The molecule has 0 spiro atoms. The molecule has 17 heavy (non-hydrogen) atoms. The lowest BCUT2D eigenvalue weighted by molar-refractivity contribution is 0.0572. The second-order valence-corrected chi connectivity index (χ2v) is 4.67. The fourth-order valence-electron chi connectivity index (χ4n) is 2.03. The third kappa shape index (κ3) is 2.24. The van der Waals surface area contributed by atoms with E-state index in [-0.39, 0.29) is 4.99 Å². The van der Waals surface area contributed by atoms with Gasteiger partial charge in [-0.2, -0.15) is 0 Å². The summed E-state index contributed by atoms with van der Waals surface area (Å²) in [5.74, 6) is 0.633. The van der Waals surface area contributed by atoms with E-state index in [1.54, 1.807) is 11.1 Å². The van der Waals surface area contributed by atoms with E-state index in [1.165, 1.54) is 0 Å². The highest BCUT2D eigenvalue weighted by molar-refractivity contribution is 7.80. The van der Waals surface area contributed by atoms with Crippen molar-refractivity contribution in [3.63, 3.8) is 0 Å². The lowest BCUT2D eigenvalue weighted by atomic mass is 10.1. The van der Waals surface area contributed by atoms with Crippen molar-refractivity contribution < 1.29 is 10.2 Å². The Kier molecular flexibility index (Phi) is 3.28. The SMILES string of the molecule is Cc1ccnc(N2CC(O)C(O)C2)c1C(N)=S. The first-order valence-corrected chi connectivity index (χ1v) is 5.78. The van der Waals surface area contributed by atoms with Crippen molar-refractivity contribution in [2.75, 3.05) is 18.0 Å². The number of rotatable bonds is 2. The fourth-order valence-corrected chi connectivity index (χ4v) is 2.28. The molecule has 1 saturated heterocycles. The smallest absolute Gasteiger partial charge is 0.139 e. The van der Waals surface area contributed by atoms with Crippen LogP contribution in [-0.4, -0.2) is 45.5 Å². The molecular weight excluding hydrogens is 238 g/mol. The van der Waals surface area contributed by atoms with Gasteiger partial charge in [-0.1, -0.05) is 12.2 Å². The Hall–Kier alpha value is -1.24. The second-order valence-electron chi connectivity index (χ2n) is 4.23. The lowest BCUT2D eigenvalue weighted by Crippen LogP contribution is -2.26. The molecule has 6 heteroatoms. The molecule has 2 atom stereocenters. The summed E-state index contributed by atoms with van der Waals surface area (Å²) in [6.07, 6.45) is 0.164. The van der Waals surface area contributed by atoms with E-state index in [0.29, 0.717) is 24.5 Å². The van der Waals surface area contributed by atoms with E-state index < -0.39 is 12.2 Å². The molecule has 0 aliphatic carbocycles. The normalized spacial score (nSPS) is 24.1. The van der Waals surface area contributed by atoms with Gasteiger partial charge in [-0.3, -0.25) is 0 Å². The summed E-state index contributed by atoms with van der Waals surface area (Å²) in [7, 11) is 0. The second kappa shape index (κ2) is 4.56. The molecule has 5 nitrogen and oxygen atoms in total. The summed E-state index contributed by atoms with van der Waals surface area (Å²) in [6.45, 7) is 2.59. The molecular formula is C11H15N3O2S. The Balaban J connectivity index is 2.39. The van der Waals surface area contributed by atoms with E-state index in [1.807, 2.05) is 13.0 Å². The Labute approximate surface area is 105 Å². The predicted molar refractivity (Wildman–Crippen MR) is 69.1 cm³/mol. The number of aromatic nitrogens is 1. The molecule has 0 bridgehead atoms. The topological polar surface area (TPSA) is 82.6 Å². The van der Waals surface area contributed by atoms with Gasteiger partial charge in [0.2, 0.25) is 0 Å². The van der Waals surface area contributed by atoms with Gasteiger partial charge in [0.1, 0.15) is 10.8 Å². The average Bonchev–Trinajstić information content (AvgIpc) is 2.58. The van der Waals surface area contributed by atoms with Crippen molar-refractivity contribution in [2.45, 2.75) is 19.1 Å². The third-order valence-electron chi connectivity index (χ3n) is 2.94. The number of anilines is 1. The van der Waals surface area contributed by atoms with Crippen molar-refractivity contribution in [3.8, 4) is 0 Å². The van der Waals surface area contributed by atoms with Gasteiger partial charge in [-0.15, -0.1) is 0 Å². The highest BCUT2D eigenvalue weighted by Gasteiger charge is 2.32. The van der Waals surface area contributed by atoms with Gasteiger partial charge in [0, 0.05) is 19.3 Å². The zero-order valence-electron chi connectivity index (χ0n) is 9.50. The van der Waals surface area contributed by atoms with Crippen LogP contribution in [-0.2, 0) is 0 Å². The van der Waals surface area contributed by atoms with E-state index in [2.05, 4.69) is 4.98 Å². The van der Waals surface area contributed by atoms with Crippen LogP contribution in [0.15, 0.2) is 12.3 Å². The van der Waals surface area contributed by atoms with E-state index in [0.717, 1.165) is 5.56 Å². The van der Waals surface area contributed by atoms with Crippen molar-refractivity contribution >= 4 is 23.0 Å². The number of nitrogens with zero attached hydrogens (tertiary/aromatic N) is 2. The average molecular weight is 253 g/mol. The molecule has 92 valence electrons. The maximum absolute atomic E-state index is 9.54. The molecule has 2 heterocycles. The van der Waals surface area contributed by atoms with Gasteiger partial charge in [-0.25, -0.2) is 4.98 Å². The monoisotopic (exact) mass is 253 g/mol. The van der Waals surface area contributed by atoms with Crippen LogP contribution >= 0.6 is 12.2 Å². The first-order chi connectivity index (χ1) is 8.00. The molecule has 4 N–H and O–H groups in total. The summed E-state index contributed by atoms with van der Waals surface area (Å²) in [4.78, 5) is 6.33. The predicted octanol–water partition coefficient (Wildman–Crippen LogP) is -0.434. The number of aliphatic hydroxyl groups is 2. The summed E-state index contributed by atoms with van der Waals surface area (Å²) < 4.78 is 0. The maximum atomic E-state index is 9.54. The number of aliphatic hydroxyl groups excluding tert-OH is 2. The minimum atomic E-state index is -0.753. The first-order valence-electron chi connectivity index (χ1n) is 5.37. The standard InChI is InChI=1S/C11H15N3O2S/c1-6-2-3-13-11(9(6)10(12)17)14-4-7(15)8(16)5-14/h2-3,7-8,15-16H,4-5H2,1H3,(H2,12,17). The quantitative estimate of drug-likeness (QED) is 0.620. The van der Waals surface area contributed by atoms with Crippen LogP contribution in [0, 0.1) is 6.92 Å². The molecule has 1 aromatic heterocycles. The van der Waals surface area contributed by atoms with Crippen LogP contribution < -0.4 is 10.6 Å². The molecule has 0 amide bonds. The Morgan fingerprint density at radius 2 is 2.06 bits per heavy atom. The van der Waals surface area contributed by atoms with Crippen molar-refractivity contribution in [1.82, 2.24) is 4.98 Å². The lowest BCUT2D eigenvalue weighted by Gasteiger charge is -2.20. The Morgan fingerprint density at radius 1 is 1.47 bits per heavy atom. The number of aryl methyl sites for hydroxylation is 1. The molecule has 1 aromatic rings. The van der Waals surface area contributed by atoms with E-state index in [4.69, 9.17) is 18.0 Å². The van der Waals surface area contributed by atoms with Crippen LogP contribution in [0.3, 0.4) is 0 Å². The van der Waals surface area contributed by atoms with E-state index in [9.17, 15) is 10.2 Å². The minimum Gasteiger partial charge on any atom is -0.389 e. The van der Waals surface area contributed by atoms with Crippen molar-refractivity contribution in [2.24, 2.45) is 5.73 Å². The fraction of sp³-hybridized carbons (Fsp3) is 0.455. The third-order valence-corrected chi connectivity index (χ3v) is 3.15. The van der Waals surface area contributed by atoms with E-state index >= 15 is 0 Å². The number of thiocarbonyl (C=S) groups is 1. The molecule has 0 aromatic carbocycles. The minimum absolute atomic E-state index is 0.279. The molecule has 1 aliphatic heterocycles. The number of hydrogen-bond acceptors (Lipinski definition) is 5. The van der Waals surface area contributed by atoms with Gasteiger partial charge in [0.15, 0.2) is 0 Å². The highest BCUT2D eigenvalue weighted by atomic mass is 32.1. The van der Waals surface area contributed by atoms with Crippen LogP contribution in [0.4, 0.5) is 5.82 Å². The Morgan fingerprint density at radius 3 is 2.59 bits per heavy atom. The first kappa shape index (κ1) is 12.2. The van der Waals surface area contributed by atoms with Gasteiger partial charge in [-0.05, 0) is 18.6 Å². The molecule has 0 saturated carbocycles. The van der Waals surface area contributed by atoms with Gasteiger partial charge >= 0.3 is 0 Å². The van der Waals surface area contributed by atoms with Crippen molar-refractivity contribution in [3.05, 3.63) is 23.4 Å². The van der Waals surface area contributed by atoms with Gasteiger partial charge in [0.05, 0.1) is 17.8 Å². The highest BCUT2D eigenvalue weighted by Crippen LogP contribution is 2.24. The molecule has 1 fully saturated rings. The summed E-state index contributed by atoms with van der Waals surface area (Å²) in [5.41, 5.74) is 7.35. The van der Waals surface area contributed by atoms with Gasteiger partial charge in [0.25, 0.3) is 0 Å².